The second-order valence-electron chi connectivity index (χ2n) is 6.56. The van der Waals surface area contributed by atoms with Crippen LogP contribution < -0.4 is 5.32 Å². The molecular formula is C20H21N5O4S. The van der Waals surface area contributed by atoms with Crippen LogP contribution in [0.25, 0.3) is 5.78 Å². The number of esters is 1. The first-order valence-corrected chi connectivity index (χ1v) is 10.3. The lowest BCUT2D eigenvalue weighted by atomic mass is 10.1. The number of rotatable bonds is 7. The number of aromatic nitrogens is 4. The van der Waals surface area contributed by atoms with E-state index in [4.69, 9.17) is 4.74 Å². The number of benzene rings is 1. The molecule has 1 aromatic carbocycles. The van der Waals surface area contributed by atoms with Gasteiger partial charge in [0.25, 0.3) is 11.7 Å². The van der Waals surface area contributed by atoms with Gasteiger partial charge in [0.15, 0.2) is 12.4 Å². The molecule has 2 heterocycles. The van der Waals surface area contributed by atoms with Gasteiger partial charge in [-0.05, 0) is 39.2 Å². The number of amides is 1. The molecule has 0 aliphatic carbocycles. The summed E-state index contributed by atoms with van der Waals surface area (Å²) in [6, 6.07) is 6.64. The van der Waals surface area contributed by atoms with Crippen molar-refractivity contribution in [3.8, 4) is 0 Å². The van der Waals surface area contributed by atoms with Gasteiger partial charge >= 0.3 is 5.97 Å². The third-order valence-corrected chi connectivity index (χ3v) is 5.02. The van der Waals surface area contributed by atoms with Gasteiger partial charge in [0.2, 0.25) is 5.16 Å². The molecule has 1 amide bonds. The standard InChI is InChI=1S/C20H21N5O4S/c1-11-15(12(2)25-19(21-11)23-20(24-25)30-4)9-18(28)29-10-17(27)22-16-8-6-5-7-14(16)13(3)26/h5-8H,9-10H2,1-4H3,(H,22,27). The Labute approximate surface area is 177 Å². The molecule has 0 bridgehead atoms. The summed E-state index contributed by atoms with van der Waals surface area (Å²) >= 11 is 1.40. The Kier molecular flexibility index (Phi) is 6.46. The molecule has 0 saturated carbocycles. The average molecular weight is 427 g/mol. The summed E-state index contributed by atoms with van der Waals surface area (Å²) in [6.45, 7) is 4.57. The van der Waals surface area contributed by atoms with Crippen molar-refractivity contribution in [1.29, 1.82) is 0 Å². The number of carbonyl (C=O) groups excluding carboxylic acids is 3. The number of hydrogen-bond donors (Lipinski definition) is 1. The molecule has 156 valence electrons. The predicted octanol–water partition coefficient (Wildman–Crippen LogP) is 2.39. The fraction of sp³-hybridized carbons (Fsp3) is 0.300. The number of para-hydroxylation sites is 1. The molecule has 0 fully saturated rings. The lowest BCUT2D eigenvalue weighted by Crippen LogP contribution is -2.23. The Morgan fingerprint density at radius 2 is 1.90 bits per heavy atom. The Bertz CT molecular complexity index is 1140. The molecule has 9 nitrogen and oxygen atoms in total. The molecule has 30 heavy (non-hydrogen) atoms. The topological polar surface area (TPSA) is 116 Å². The van der Waals surface area contributed by atoms with Gasteiger partial charge in [0.1, 0.15) is 0 Å². The predicted molar refractivity (Wildman–Crippen MR) is 112 cm³/mol. The van der Waals surface area contributed by atoms with Gasteiger partial charge in [-0.1, -0.05) is 23.9 Å². The van der Waals surface area contributed by atoms with E-state index in [1.54, 1.807) is 35.7 Å². The maximum atomic E-state index is 12.3. The van der Waals surface area contributed by atoms with E-state index in [0.717, 1.165) is 5.69 Å². The molecule has 0 saturated heterocycles. The lowest BCUT2D eigenvalue weighted by Gasteiger charge is -2.11. The van der Waals surface area contributed by atoms with E-state index in [9.17, 15) is 14.4 Å². The van der Waals surface area contributed by atoms with Crippen molar-refractivity contribution in [2.75, 3.05) is 18.2 Å². The van der Waals surface area contributed by atoms with Crippen LogP contribution in [0.2, 0.25) is 0 Å². The second kappa shape index (κ2) is 9.04. The van der Waals surface area contributed by atoms with E-state index in [1.807, 2.05) is 13.2 Å². The average Bonchev–Trinajstić information content (AvgIpc) is 3.13. The summed E-state index contributed by atoms with van der Waals surface area (Å²) < 4.78 is 6.71. The molecule has 0 aliphatic rings. The first-order chi connectivity index (χ1) is 14.3. The Morgan fingerprint density at radius 1 is 1.17 bits per heavy atom. The SMILES string of the molecule is CSc1nc2nc(C)c(CC(=O)OCC(=O)Nc3ccccc3C(C)=O)c(C)n2n1. The van der Waals surface area contributed by atoms with Crippen LogP contribution in [0.15, 0.2) is 29.4 Å². The van der Waals surface area contributed by atoms with Gasteiger partial charge < -0.3 is 10.1 Å². The molecule has 10 heteroatoms. The molecule has 1 N–H and O–H groups in total. The van der Waals surface area contributed by atoms with E-state index >= 15 is 0 Å². The number of anilines is 1. The van der Waals surface area contributed by atoms with Crippen LogP contribution >= 0.6 is 11.8 Å². The summed E-state index contributed by atoms with van der Waals surface area (Å²) in [5, 5.41) is 7.53. The van der Waals surface area contributed by atoms with Crippen molar-refractivity contribution in [2.45, 2.75) is 32.3 Å². The quantitative estimate of drug-likeness (QED) is 0.347. The minimum atomic E-state index is -0.567. The van der Waals surface area contributed by atoms with E-state index in [1.165, 1.54) is 18.7 Å². The third kappa shape index (κ3) is 4.65. The van der Waals surface area contributed by atoms with Crippen molar-refractivity contribution >= 4 is 40.9 Å². The highest BCUT2D eigenvalue weighted by molar-refractivity contribution is 7.98. The highest BCUT2D eigenvalue weighted by Crippen LogP contribution is 2.18. The summed E-state index contributed by atoms with van der Waals surface area (Å²) in [5.74, 6) is -0.799. The summed E-state index contributed by atoms with van der Waals surface area (Å²) in [6.07, 6.45) is 1.82. The minimum Gasteiger partial charge on any atom is -0.455 e. The van der Waals surface area contributed by atoms with E-state index in [2.05, 4.69) is 20.4 Å². The van der Waals surface area contributed by atoms with Crippen molar-refractivity contribution in [1.82, 2.24) is 19.6 Å². The summed E-state index contributed by atoms with van der Waals surface area (Å²) in [4.78, 5) is 44.8. The van der Waals surface area contributed by atoms with Crippen LogP contribution in [0, 0.1) is 13.8 Å². The highest BCUT2D eigenvalue weighted by Gasteiger charge is 2.18. The van der Waals surface area contributed by atoms with Crippen LogP contribution in [0.3, 0.4) is 0 Å². The monoisotopic (exact) mass is 427 g/mol. The second-order valence-corrected chi connectivity index (χ2v) is 7.33. The minimum absolute atomic E-state index is 0.0492. The Balaban J connectivity index is 1.65. The number of fused-ring (bicyclic) bond motifs is 1. The Hall–Kier alpha value is -3.27. The van der Waals surface area contributed by atoms with E-state index in [-0.39, 0.29) is 12.2 Å². The number of carbonyl (C=O) groups is 3. The van der Waals surface area contributed by atoms with Gasteiger partial charge in [-0.2, -0.15) is 4.98 Å². The van der Waals surface area contributed by atoms with Crippen LogP contribution in [-0.4, -0.2) is 50.1 Å². The smallest absolute Gasteiger partial charge is 0.310 e. The van der Waals surface area contributed by atoms with Crippen LogP contribution in [0.5, 0.6) is 0 Å². The lowest BCUT2D eigenvalue weighted by molar-refractivity contribution is -0.146. The van der Waals surface area contributed by atoms with Gasteiger partial charge in [0, 0.05) is 22.5 Å². The Morgan fingerprint density at radius 3 is 2.60 bits per heavy atom. The number of thioether (sulfide) groups is 1. The zero-order valence-electron chi connectivity index (χ0n) is 17.1. The fourth-order valence-corrected chi connectivity index (χ4v) is 3.30. The number of hydrogen-bond acceptors (Lipinski definition) is 8. The molecule has 3 rings (SSSR count). The van der Waals surface area contributed by atoms with Crippen molar-refractivity contribution in [2.24, 2.45) is 0 Å². The third-order valence-electron chi connectivity index (χ3n) is 4.48. The molecule has 0 atom stereocenters. The van der Waals surface area contributed by atoms with Crippen molar-refractivity contribution in [3.63, 3.8) is 0 Å². The maximum Gasteiger partial charge on any atom is 0.310 e. The molecule has 0 unspecified atom stereocenters. The number of nitrogens with one attached hydrogen (secondary N) is 1. The number of Topliss-reactive ketones (excluding diaryl/α,β-unsaturated/α-hetero) is 1. The van der Waals surface area contributed by atoms with Crippen molar-refractivity contribution in [3.05, 3.63) is 46.8 Å². The van der Waals surface area contributed by atoms with Crippen molar-refractivity contribution < 1.29 is 19.1 Å². The van der Waals surface area contributed by atoms with E-state index in [0.29, 0.717) is 33.4 Å². The molecule has 3 aromatic rings. The van der Waals surface area contributed by atoms with Gasteiger partial charge in [-0.25, -0.2) is 9.50 Å². The molecular weight excluding hydrogens is 406 g/mol. The van der Waals surface area contributed by atoms with E-state index < -0.39 is 18.5 Å². The highest BCUT2D eigenvalue weighted by atomic mass is 32.2. The summed E-state index contributed by atoms with van der Waals surface area (Å²) in [5.41, 5.74) is 2.83. The van der Waals surface area contributed by atoms with Crippen LogP contribution in [0.4, 0.5) is 5.69 Å². The van der Waals surface area contributed by atoms with Gasteiger partial charge in [-0.15, -0.1) is 5.10 Å². The first-order valence-electron chi connectivity index (χ1n) is 9.12. The van der Waals surface area contributed by atoms with Gasteiger partial charge in [-0.3, -0.25) is 14.4 Å². The number of ether oxygens (including phenoxy) is 1. The normalized spacial score (nSPS) is 10.8. The molecule has 0 spiro atoms. The summed E-state index contributed by atoms with van der Waals surface area (Å²) in [7, 11) is 0. The maximum absolute atomic E-state index is 12.3. The number of ketones is 1. The fourth-order valence-electron chi connectivity index (χ4n) is 2.96. The number of aryl methyl sites for hydroxylation is 2. The zero-order chi connectivity index (χ0) is 21.8. The molecule has 0 radical (unpaired) electrons. The van der Waals surface area contributed by atoms with Gasteiger partial charge in [0.05, 0.1) is 12.1 Å². The number of nitrogens with zero attached hydrogens (tertiary/aromatic N) is 4. The van der Waals surface area contributed by atoms with Crippen LogP contribution in [-0.2, 0) is 20.7 Å². The largest absolute Gasteiger partial charge is 0.455 e. The zero-order valence-corrected chi connectivity index (χ0v) is 17.9. The molecule has 0 aliphatic heterocycles. The molecule has 2 aromatic heterocycles. The first kappa shape index (κ1) is 21.4. The van der Waals surface area contributed by atoms with Crippen LogP contribution in [0.1, 0.15) is 34.2 Å².